The van der Waals surface area contributed by atoms with E-state index in [0.29, 0.717) is 17.9 Å². The minimum atomic E-state index is -0.626. The Labute approximate surface area is 71.9 Å². The first-order valence-electron chi connectivity index (χ1n) is 4.67. The van der Waals surface area contributed by atoms with Gasteiger partial charge >= 0.3 is 5.97 Å². The van der Waals surface area contributed by atoms with Crippen molar-refractivity contribution < 1.29 is 9.90 Å². The van der Waals surface area contributed by atoms with E-state index in [4.69, 9.17) is 10.8 Å². The number of hydrogen-bond acceptors (Lipinski definition) is 2. The Morgan fingerprint density at radius 1 is 1.25 bits per heavy atom. The van der Waals surface area contributed by atoms with Gasteiger partial charge in [0.15, 0.2) is 0 Å². The maximum atomic E-state index is 10.7. The molecule has 0 radical (unpaired) electrons. The monoisotopic (exact) mass is 169 g/mol. The molecule has 0 heterocycles. The van der Waals surface area contributed by atoms with E-state index in [9.17, 15) is 4.79 Å². The van der Waals surface area contributed by atoms with Gasteiger partial charge in [0.05, 0.1) is 5.92 Å². The van der Waals surface area contributed by atoms with E-state index in [-0.39, 0.29) is 5.92 Å². The zero-order valence-electron chi connectivity index (χ0n) is 7.07. The molecular weight excluding hydrogens is 154 g/mol. The fourth-order valence-electron chi connectivity index (χ4n) is 2.78. The van der Waals surface area contributed by atoms with Crippen LogP contribution in [0.1, 0.15) is 25.7 Å². The summed E-state index contributed by atoms with van der Waals surface area (Å²) >= 11 is 0. The Morgan fingerprint density at radius 2 is 1.75 bits per heavy atom. The van der Waals surface area contributed by atoms with Crippen LogP contribution < -0.4 is 5.73 Å². The fraction of sp³-hybridized carbons (Fsp3) is 0.889. The first-order chi connectivity index (χ1) is 5.68. The third kappa shape index (κ3) is 1.12. The number of rotatable bonds is 1. The topological polar surface area (TPSA) is 63.3 Å². The predicted octanol–water partition coefficient (Wildman–Crippen LogP) is 0.834. The molecule has 0 aliphatic heterocycles. The molecule has 0 saturated heterocycles. The second kappa shape index (κ2) is 2.73. The largest absolute Gasteiger partial charge is 0.481 e. The smallest absolute Gasteiger partial charge is 0.306 e. The van der Waals surface area contributed by atoms with Crippen molar-refractivity contribution in [3.8, 4) is 0 Å². The summed E-state index contributed by atoms with van der Waals surface area (Å²) in [5, 5.41) is 8.85. The summed E-state index contributed by atoms with van der Waals surface area (Å²) in [5.41, 5.74) is 5.95. The summed E-state index contributed by atoms with van der Waals surface area (Å²) in [6, 6.07) is 0.292. The summed E-state index contributed by atoms with van der Waals surface area (Å²) < 4.78 is 0. The van der Waals surface area contributed by atoms with Crippen LogP contribution in [0.15, 0.2) is 0 Å². The number of nitrogens with two attached hydrogens (primary N) is 1. The van der Waals surface area contributed by atoms with Gasteiger partial charge < -0.3 is 10.8 Å². The predicted molar refractivity (Wildman–Crippen MR) is 44.5 cm³/mol. The standard InChI is InChI=1S/C9H15NO2/c10-8-5-1-2-6(8)4-7(3-5)9(11)12/h5-8H,1-4,10H2,(H,11,12)/t5-,6-,7?,8?/m1/s1. The van der Waals surface area contributed by atoms with Gasteiger partial charge in [-0.1, -0.05) is 0 Å². The lowest BCUT2D eigenvalue weighted by molar-refractivity contribution is -0.143. The summed E-state index contributed by atoms with van der Waals surface area (Å²) in [6.45, 7) is 0. The van der Waals surface area contributed by atoms with E-state index in [1.54, 1.807) is 0 Å². The summed E-state index contributed by atoms with van der Waals surface area (Å²) in [5.74, 6) is 0.246. The van der Waals surface area contributed by atoms with E-state index in [0.717, 1.165) is 25.7 Å². The van der Waals surface area contributed by atoms with Crippen molar-refractivity contribution in [3.63, 3.8) is 0 Å². The highest BCUT2D eigenvalue weighted by atomic mass is 16.4. The maximum absolute atomic E-state index is 10.7. The second-order valence-electron chi connectivity index (χ2n) is 4.18. The van der Waals surface area contributed by atoms with Gasteiger partial charge in [-0.2, -0.15) is 0 Å². The molecular formula is C9H15NO2. The van der Waals surface area contributed by atoms with Crippen molar-refractivity contribution in [2.45, 2.75) is 31.7 Å². The van der Waals surface area contributed by atoms with Gasteiger partial charge in [0.1, 0.15) is 0 Å². The normalized spacial score (nSPS) is 46.1. The van der Waals surface area contributed by atoms with Gasteiger partial charge in [-0.05, 0) is 37.5 Å². The second-order valence-corrected chi connectivity index (χ2v) is 4.18. The molecule has 2 fully saturated rings. The molecule has 2 aliphatic carbocycles. The number of carbonyl (C=O) groups is 1. The molecule has 3 nitrogen and oxygen atoms in total. The molecule has 2 saturated carbocycles. The fourth-order valence-corrected chi connectivity index (χ4v) is 2.78. The van der Waals surface area contributed by atoms with Crippen LogP contribution in [0.3, 0.4) is 0 Å². The van der Waals surface area contributed by atoms with Gasteiger partial charge in [-0.15, -0.1) is 0 Å². The van der Waals surface area contributed by atoms with Gasteiger partial charge in [0.2, 0.25) is 0 Å². The van der Waals surface area contributed by atoms with Crippen LogP contribution in [0.25, 0.3) is 0 Å². The van der Waals surface area contributed by atoms with Crippen LogP contribution in [-0.4, -0.2) is 17.1 Å². The molecule has 0 amide bonds. The SMILES string of the molecule is NC1[C@@H]2CC[C@@H]1CC(C(=O)O)C2. The van der Waals surface area contributed by atoms with Crippen molar-refractivity contribution in [2.24, 2.45) is 23.5 Å². The molecule has 0 aromatic rings. The van der Waals surface area contributed by atoms with Crippen LogP contribution in [0.5, 0.6) is 0 Å². The zero-order valence-corrected chi connectivity index (χ0v) is 7.07. The van der Waals surface area contributed by atoms with Gasteiger partial charge in [0, 0.05) is 6.04 Å². The zero-order chi connectivity index (χ0) is 8.72. The number of fused-ring (bicyclic) bond motifs is 2. The highest BCUT2D eigenvalue weighted by Gasteiger charge is 2.42. The molecule has 0 spiro atoms. The minimum Gasteiger partial charge on any atom is -0.481 e. The van der Waals surface area contributed by atoms with Crippen molar-refractivity contribution in [2.75, 3.05) is 0 Å². The molecule has 68 valence electrons. The lowest BCUT2D eigenvalue weighted by Crippen LogP contribution is -2.39. The van der Waals surface area contributed by atoms with Crippen LogP contribution in [0.2, 0.25) is 0 Å². The average molecular weight is 169 g/mol. The summed E-state index contributed by atoms with van der Waals surface area (Å²) in [4.78, 5) is 10.7. The van der Waals surface area contributed by atoms with Crippen molar-refractivity contribution in [3.05, 3.63) is 0 Å². The number of hydrogen-bond donors (Lipinski definition) is 2. The Bertz CT molecular complexity index is 191. The molecule has 2 bridgehead atoms. The molecule has 3 N–H and O–H groups in total. The van der Waals surface area contributed by atoms with Crippen molar-refractivity contribution >= 4 is 5.97 Å². The van der Waals surface area contributed by atoms with E-state index in [2.05, 4.69) is 0 Å². The molecule has 2 atom stereocenters. The quantitative estimate of drug-likeness (QED) is 0.611. The van der Waals surface area contributed by atoms with E-state index in [1.807, 2.05) is 0 Å². The van der Waals surface area contributed by atoms with E-state index < -0.39 is 5.97 Å². The van der Waals surface area contributed by atoms with Gasteiger partial charge in [-0.3, -0.25) is 4.79 Å². The summed E-state index contributed by atoms with van der Waals surface area (Å²) in [6.07, 6.45) is 3.92. The van der Waals surface area contributed by atoms with Crippen LogP contribution in [0.4, 0.5) is 0 Å². The third-order valence-corrected chi connectivity index (χ3v) is 3.52. The Hall–Kier alpha value is -0.570. The highest BCUT2D eigenvalue weighted by molar-refractivity contribution is 5.70. The Kier molecular flexibility index (Phi) is 1.83. The first kappa shape index (κ1) is 8.05. The van der Waals surface area contributed by atoms with Crippen LogP contribution >= 0.6 is 0 Å². The first-order valence-corrected chi connectivity index (χ1v) is 4.67. The lowest BCUT2D eigenvalue weighted by Gasteiger charge is -2.30. The molecule has 2 rings (SSSR count). The van der Waals surface area contributed by atoms with Gasteiger partial charge in [-0.25, -0.2) is 0 Å². The third-order valence-electron chi connectivity index (χ3n) is 3.52. The molecule has 0 aromatic heterocycles. The van der Waals surface area contributed by atoms with Crippen LogP contribution in [0, 0.1) is 17.8 Å². The maximum Gasteiger partial charge on any atom is 0.306 e. The molecule has 2 aliphatic rings. The van der Waals surface area contributed by atoms with Crippen LogP contribution in [-0.2, 0) is 4.79 Å². The average Bonchev–Trinajstić information content (AvgIpc) is 2.30. The summed E-state index contributed by atoms with van der Waals surface area (Å²) in [7, 11) is 0. The number of carboxylic acid groups (broad SMARTS) is 1. The highest BCUT2D eigenvalue weighted by Crippen LogP contribution is 2.43. The molecule has 0 unspecified atom stereocenters. The minimum absolute atomic E-state index is 0.109. The van der Waals surface area contributed by atoms with E-state index in [1.165, 1.54) is 0 Å². The van der Waals surface area contributed by atoms with Crippen molar-refractivity contribution in [1.29, 1.82) is 0 Å². The Morgan fingerprint density at radius 3 is 2.17 bits per heavy atom. The number of carboxylic acids is 1. The lowest BCUT2D eigenvalue weighted by atomic mass is 9.78. The Balaban J connectivity index is 2.07. The van der Waals surface area contributed by atoms with Gasteiger partial charge in [0.25, 0.3) is 0 Å². The van der Waals surface area contributed by atoms with Crippen molar-refractivity contribution in [1.82, 2.24) is 0 Å². The molecule has 12 heavy (non-hydrogen) atoms. The number of aliphatic carboxylic acids is 1. The van der Waals surface area contributed by atoms with E-state index >= 15 is 0 Å². The molecule has 3 heteroatoms. The molecule has 0 aromatic carbocycles.